The molecule has 0 aromatic heterocycles. The van der Waals surface area contributed by atoms with Gasteiger partial charge in [0, 0.05) is 18.4 Å². The lowest BCUT2D eigenvalue weighted by atomic mass is 10.0. The predicted octanol–water partition coefficient (Wildman–Crippen LogP) is 3.88. The average molecular weight is 474 g/mol. The molecule has 0 saturated heterocycles. The van der Waals surface area contributed by atoms with E-state index in [0.717, 1.165) is 0 Å². The van der Waals surface area contributed by atoms with Crippen molar-refractivity contribution in [2.24, 2.45) is 0 Å². The molecule has 2 atom stereocenters. The normalized spacial score (nSPS) is 12.9. The Balaban J connectivity index is 2.28. The van der Waals surface area contributed by atoms with Crippen LogP contribution in [0.2, 0.25) is 0 Å². The molecule has 9 nitrogen and oxygen atoms in total. The first-order valence-corrected chi connectivity index (χ1v) is 10.8. The lowest BCUT2D eigenvalue weighted by molar-refractivity contribution is -0.138. The number of hydrogen-bond donors (Lipinski definition) is 2. The quantitative estimate of drug-likeness (QED) is 0.353. The molecule has 0 heterocycles. The van der Waals surface area contributed by atoms with Crippen molar-refractivity contribution < 1.29 is 38.4 Å². The second-order valence-corrected chi connectivity index (χ2v) is 7.09. The maximum Gasteiger partial charge on any atom is 0.412 e. The largest absolute Gasteiger partial charge is 0.497 e. The Labute approximate surface area is 199 Å². The van der Waals surface area contributed by atoms with Gasteiger partial charge in [0.15, 0.2) is 6.10 Å². The average Bonchev–Trinajstić information content (AvgIpc) is 2.85. The summed E-state index contributed by atoms with van der Waals surface area (Å²) >= 11 is 0. The second kappa shape index (κ2) is 13.9. The number of nitrogens with one attached hydrogen (secondary N) is 1. The zero-order chi connectivity index (χ0) is 24.9. The van der Waals surface area contributed by atoms with Gasteiger partial charge in [0.2, 0.25) is 0 Å². The van der Waals surface area contributed by atoms with Gasteiger partial charge in [-0.2, -0.15) is 0 Å². The first kappa shape index (κ1) is 26.7. The minimum Gasteiger partial charge on any atom is -0.497 e. The van der Waals surface area contributed by atoms with Gasteiger partial charge in [-0.25, -0.2) is 9.59 Å². The van der Waals surface area contributed by atoms with E-state index in [1.165, 1.54) is 7.11 Å². The molecule has 0 aliphatic heterocycles. The van der Waals surface area contributed by atoms with Crippen molar-refractivity contribution >= 4 is 17.7 Å². The third-order valence-corrected chi connectivity index (χ3v) is 4.72. The summed E-state index contributed by atoms with van der Waals surface area (Å²) in [4.78, 5) is 24.8. The van der Waals surface area contributed by atoms with Crippen molar-refractivity contribution in [1.29, 1.82) is 0 Å². The molecule has 1 amide bonds. The van der Waals surface area contributed by atoms with E-state index in [2.05, 4.69) is 5.32 Å². The Kier molecular flexibility index (Phi) is 10.9. The Bertz CT molecular complexity index is 940. The third-order valence-electron chi connectivity index (χ3n) is 4.72. The molecular weight excluding hydrogens is 442 g/mol. The Hall–Kier alpha value is -3.56. The highest BCUT2D eigenvalue weighted by molar-refractivity contribution is 5.88. The fourth-order valence-electron chi connectivity index (χ4n) is 3.02. The van der Waals surface area contributed by atoms with Gasteiger partial charge in [-0.1, -0.05) is 12.1 Å². The Morgan fingerprint density at radius 1 is 1.03 bits per heavy atom. The SMILES string of the molecule is CCOC(=O)/C(C)=C/[C@@H](OC)[C@H](OC(=O)Nc1ccc(OC)cc1)c1ccc(OCCO)cc1. The molecule has 184 valence electrons. The molecule has 2 aromatic rings. The van der Waals surface area contributed by atoms with Crippen LogP contribution >= 0.6 is 0 Å². The number of amides is 1. The first-order valence-electron chi connectivity index (χ1n) is 10.8. The predicted molar refractivity (Wildman–Crippen MR) is 126 cm³/mol. The zero-order valence-corrected chi connectivity index (χ0v) is 19.8. The minimum absolute atomic E-state index is 0.108. The van der Waals surface area contributed by atoms with Gasteiger partial charge >= 0.3 is 12.1 Å². The highest BCUT2D eigenvalue weighted by atomic mass is 16.6. The molecule has 2 aromatic carbocycles. The van der Waals surface area contributed by atoms with Gasteiger partial charge in [-0.3, -0.25) is 5.32 Å². The summed E-state index contributed by atoms with van der Waals surface area (Å²) in [5, 5.41) is 11.6. The van der Waals surface area contributed by atoms with Crippen LogP contribution in [0.4, 0.5) is 10.5 Å². The third kappa shape index (κ3) is 8.09. The van der Waals surface area contributed by atoms with E-state index in [9.17, 15) is 9.59 Å². The fraction of sp³-hybridized carbons (Fsp3) is 0.360. The number of rotatable bonds is 12. The van der Waals surface area contributed by atoms with E-state index >= 15 is 0 Å². The van der Waals surface area contributed by atoms with Gasteiger partial charge in [0.05, 0.1) is 20.3 Å². The van der Waals surface area contributed by atoms with Gasteiger partial charge < -0.3 is 28.8 Å². The molecule has 34 heavy (non-hydrogen) atoms. The van der Waals surface area contributed by atoms with Crippen LogP contribution in [0.15, 0.2) is 60.2 Å². The van der Waals surface area contributed by atoms with Crippen LogP contribution in [-0.4, -0.2) is 57.3 Å². The van der Waals surface area contributed by atoms with Crippen LogP contribution in [0.1, 0.15) is 25.5 Å². The van der Waals surface area contributed by atoms with E-state index in [1.807, 2.05) is 0 Å². The molecular formula is C25H31NO8. The zero-order valence-electron chi connectivity index (χ0n) is 19.8. The van der Waals surface area contributed by atoms with E-state index in [1.54, 1.807) is 75.6 Å². The number of ether oxygens (including phenoxy) is 5. The Morgan fingerprint density at radius 3 is 2.24 bits per heavy atom. The van der Waals surface area contributed by atoms with Gasteiger partial charge in [-0.05, 0) is 61.9 Å². The van der Waals surface area contributed by atoms with Crippen LogP contribution in [-0.2, 0) is 19.0 Å². The maximum atomic E-state index is 12.7. The standard InChI is InChI=1S/C25H31NO8/c1-5-32-24(28)17(2)16-22(31-4)23(18-6-10-21(11-7-18)33-15-14-27)34-25(29)26-19-8-12-20(30-3)13-9-19/h6-13,16,22-23,27H,5,14-15H2,1-4H3,(H,26,29)/b17-16+/t22-,23-/m1/s1. The number of benzene rings is 2. The van der Waals surface area contributed by atoms with Crippen LogP contribution in [0.25, 0.3) is 0 Å². The first-order chi connectivity index (χ1) is 16.4. The van der Waals surface area contributed by atoms with E-state index < -0.39 is 24.3 Å². The molecule has 0 aliphatic carbocycles. The Morgan fingerprint density at radius 2 is 1.68 bits per heavy atom. The lowest BCUT2D eigenvalue weighted by Crippen LogP contribution is -2.27. The van der Waals surface area contributed by atoms with Crippen molar-refractivity contribution in [1.82, 2.24) is 0 Å². The summed E-state index contributed by atoms with van der Waals surface area (Å²) in [6.45, 7) is 3.61. The van der Waals surface area contributed by atoms with Crippen molar-refractivity contribution in [3.05, 3.63) is 65.7 Å². The van der Waals surface area contributed by atoms with Crippen molar-refractivity contribution in [2.45, 2.75) is 26.1 Å². The number of carbonyl (C=O) groups is 2. The van der Waals surface area contributed by atoms with Crippen molar-refractivity contribution in [2.75, 3.05) is 39.4 Å². The van der Waals surface area contributed by atoms with Gasteiger partial charge in [0.1, 0.15) is 24.2 Å². The molecule has 0 bridgehead atoms. The maximum absolute atomic E-state index is 12.7. The van der Waals surface area contributed by atoms with Crippen molar-refractivity contribution in [3.63, 3.8) is 0 Å². The number of aliphatic hydroxyl groups is 1. The summed E-state index contributed by atoms with van der Waals surface area (Å²) in [5.41, 5.74) is 1.45. The number of anilines is 1. The molecule has 0 saturated carbocycles. The molecule has 9 heteroatoms. The molecule has 0 spiro atoms. The number of aliphatic hydroxyl groups excluding tert-OH is 1. The van der Waals surface area contributed by atoms with Crippen molar-refractivity contribution in [3.8, 4) is 11.5 Å². The molecule has 0 fully saturated rings. The summed E-state index contributed by atoms with van der Waals surface area (Å²) < 4.78 is 26.9. The molecule has 0 unspecified atom stereocenters. The minimum atomic E-state index is -0.889. The number of carbonyl (C=O) groups excluding carboxylic acids is 2. The lowest BCUT2D eigenvalue weighted by Gasteiger charge is -2.25. The van der Waals surface area contributed by atoms with Crippen LogP contribution < -0.4 is 14.8 Å². The highest BCUT2D eigenvalue weighted by Gasteiger charge is 2.27. The topological polar surface area (TPSA) is 113 Å². The molecule has 2 N–H and O–H groups in total. The van der Waals surface area contributed by atoms with Crippen LogP contribution in [0.3, 0.4) is 0 Å². The number of methoxy groups -OCH3 is 2. The number of hydrogen-bond acceptors (Lipinski definition) is 8. The molecule has 0 radical (unpaired) electrons. The van der Waals surface area contributed by atoms with Crippen LogP contribution in [0.5, 0.6) is 11.5 Å². The van der Waals surface area contributed by atoms with Crippen LogP contribution in [0, 0.1) is 0 Å². The van der Waals surface area contributed by atoms with E-state index in [0.29, 0.717) is 28.3 Å². The molecule has 2 rings (SSSR count). The summed E-state index contributed by atoms with van der Waals surface area (Å²) in [6.07, 6.45) is -0.825. The molecule has 0 aliphatic rings. The van der Waals surface area contributed by atoms with Gasteiger partial charge in [-0.15, -0.1) is 0 Å². The smallest absolute Gasteiger partial charge is 0.412 e. The summed E-state index contributed by atoms with van der Waals surface area (Å²) in [6, 6.07) is 13.6. The second-order valence-electron chi connectivity index (χ2n) is 7.09. The summed E-state index contributed by atoms with van der Waals surface area (Å²) in [7, 11) is 3.01. The van der Waals surface area contributed by atoms with Gasteiger partial charge in [0.25, 0.3) is 0 Å². The number of esters is 1. The monoisotopic (exact) mass is 473 g/mol. The summed E-state index contributed by atoms with van der Waals surface area (Å²) in [5.74, 6) is 0.713. The highest BCUT2D eigenvalue weighted by Crippen LogP contribution is 2.28. The van der Waals surface area contributed by atoms with E-state index in [4.69, 9.17) is 28.8 Å². The fourth-order valence-corrected chi connectivity index (χ4v) is 3.02. The van der Waals surface area contributed by atoms with E-state index in [-0.39, 0.29) is 19.8 Å².